The van der Waals surface area contributed by atoms with E-state index in [9.17, 15) is 27.6 Å². The lowest BCUT2D eigenvalue weighted by molar-refractivity contribution is -0.108. The zero-order valence-electron chi connectivity index (χ0n) is 16.2. The third kappa shape index (κ3) is 4.95. The quantitative estimate of drug-likeness (QED) is 0.430. The minimum absolute atomic E-state index is 0.130. The SMILES string of the molecule is COc1ccc2c(c1)C(=O)N(C[C@@H](C#Cc1cc(F)cc(F)c1F)NC(=O)NC=O)C2. The summed E-state index contributed by atoms with van der Waals surface area (Å²) in [5.41, 5.74) is 0.593. The van der Waals surface area contributed by atoms with Crippen LogP contribution in [0.3, 0.4) is 0 Å². The second-order valence-corrected chi connectivity index (χ2v) is 6.52. The summed E-state index contributed by atoms with van der Waals surface area (Å²) in [6, 6.07) is 4.10. The van der Waals surface area contributed by atoms with Gasteiger partial charge in [0, 0.05) is 18.2 Å². The van der Waals surface area contributed by atoms with Gasteiger partial charge in [0.05, 0.1) is 19.2 Å². The van der Waals surface area contributed by atoms with Gasteiger partial charge in [-0.1, -0.05) is 17.9 Å². The van der Waals surface area contributed by atoms with Crippen LogP contribution < -0.4 is 15.4 Å². The van der Waals surface area contributed by atoms with E-state index in [1.807, 2.05) is 5.32 Å². The van der Waals surface area contributed by atoms with Crippen molar-refractivity contribution in [2.75, 3.05) is 13.7 Å². The van der Waals surface area contributed by atoms with Crippen molar-refractivity contribution in [3.05, 3.63) is 64.5 Å². The monoisotopic (exact) mass is 431 g/mol. The van der Waals surface area contributed by atoms with Gasteiger partial charge in [-0.2, -0.15) is 0 Å². The molecule has 0 saturated heterocycles. The summed E-state index contributed by atoms with van der Waals surface area (Å²) in [5.74, 6) is 1.14. The molecular weight excluding hydrogens is 415 g/mol. The molecule has 0 radical (unpaired) electrons. The Balaban J connectivity index is 1.85. The molecule has 10 heteroatoms. The van der Waals surface area contributed by atoms with Gasteiger partial charge >= 0.3 is 6.03 Å². The fourth-order valence-electron chi connectivity index (χ4n) is 3.03. The lowest BCUT2D eigenvalue weighted by atomic mass is 10.1. The van der Waals surface area contributed by atoms with Gasteiger partial charge in [0.15, 0.2) is 11.6 Å². The number of benzene rings is 2. The minimum atomic E-state index is -1.41. The Morgan fingerprint density at radius 1 is 1.29 bits per heavy atom. The molecule has 0 aliphatic carbocycles. The van der Waals surface area contributed by atoms with E-state index in [1.54, 1.807) is 18.2 Å². The van der Waals surface area contributed by atoms with E-state index >= 15 is 0 Å². The van der Waals surface area contributed by atoms with E-state index in [0.29, 0.717) is 23.4 Å². The van der Waals surface area contributed by atoms with E-state index < -0.39 is 35.1 Å². The van der Waals surface area contributed by atoms with E-state index in [1.165, 1.54) is 12.0 Å². The number of halogens is 3. The molecule has 1 heterocycles. The number of hydrogen-bond donors (Lipinski definition) is 2. The number of rotatable bonds is 5. The largest absolute Gasteiger partial charge is 0.497 e. The first-order chi connectivity index (χ1) is 14.8. The highest BCUT2D eigenvalue weighted by atomic mass is 19.2. The molecule has 31 heavy (non-hydrogen) atoms. The Morgan fingerprint density at radius 2 is 2.06 bits per heavy atom. The van der Waals surface area contributed by atoms with E-state index in [-0.39, 0.29) is 25.4 Å². The van der Waals surface area contributed by atoms with Crippen molar-refractivity contribution in [1.82, 2.24) is 15.5 Å². The van der Waals surface area contributed by atoms with Crippen molar-refractivity contribution in [3.63, 3.8) is 0 Å². The molecule has 2 N–H and O–H groups in total. The van der Waals surface area contributed by atoms with E-state index in [2.05, 4.69) is 17.2 Å². The molecular formula is C21H16F3N3O4. The van der Waals surface area contributed by atoms with Crippen LogP contribution in [0.4, 0.5) is 18.0 Å². The number of amides is 4. The Hall–Kier alpha value is -4.00. The summed E-state index contributed by atoms with van der Waals surface area (Å²) in [7, 11) is 1.47. The Morgan fingerprint density at radius 3 is 2.77 bits per heavy atom. The summed E-state index contributed by atoms with van der Waals surface area (Å²) in [6.45, 7) is 0.0881. The predicted molar refractivity (Wildman–Crippen MR) is 102 cm³/mol. The average Bonchev–Trinajstić information content (AvgIpc) is 3.04. The van der Waals surface area contributed by atoms with Crippen LogP contribution in [0.1, 0.15) is 21.5 Å². The lowest BCUT2D eigenvalue weighted by Gasteiger charge is -2.21. The number of hydrogen-bond acceptors (Lipinski definition) is 4. The molecule has 1 aliphatic heterocycles. The molecule has 0 fully saturated rings. The molecule has 1 atom stereocenters. The van der Waals surface area contributed by atoms with Gasteiger partial charge in [0.25, 0.3) is 5.91 Å². The van der Waals surface area contributed by atoms with Gasteiger partial charge in [-0.3, -0.25) is 14.9 Å². The van der Waals surface area contributed by atoms with Gasteiger partial charge < -0.3 is 15.0 Å². The number of methoxy groups -OCH3 is 1. The Bertz CT molecular complexity index is 1110. The molecule has 0 unspecified atom stereocenters. The van der Waals surface area contributed by atoms with Crippen LogP contribution in [0.2, 0.25) is 0 Å². The van der Waals surface area contributed by atoms with Crippen molar-refractivity contribution < 1.29 is 32.3 Å². The number of nitrogens with one attached hydrogen (secondary N) is 2. The molecule has 3 rings (SSSR count). The summed E-state index contributed by atoms with van der Waals surface area (Å²) in [5, 5.41) is 4.21. The first kappa shape index (κ1) is 21.7. The highest BCUT2D eigenvalue weighted by Crippen LogP contribution is 2.26. The van der Waals surface area contributed by atoms with Crippen molar-refractivity contribution >= 4 is 18.3 Å². The standard InChI is InChI=1S/C21H16F3N3O4/c1-31-16-5-3-13-9-27(20(29)17(13)8-16)10-15(26-21(30)25-11-28)4-2-12-6-14(22)7-18(23)19(12)24/h3,5-8,11,15H,9-10H2,1H3,(H2,25,26,28,30)/t15-/m1/s1. The first-order valence-electron chi connectivity index (χ1n) is 8.95. The predicted octanol–water partition coefficient (Wildman–Crippen LogP) is 1.94. The summed E-state index contributed by atoms with van der Waals surface area (Å²) in [6.07, 6.45) is 0.143. The van der Waals surface area contributed by atoms with Gasteiger partial charge in [0.1, 0.15) is 17.6 Å². The van der Waals surface area contributed by atoms with E-state index in [0.717, 1.165) is 5.56 Å². The number of carbonyl (C=O) groups excluding carboxylic acids is 3. The second kappa shape index (κ2) is 9.21. The second-order valence-electron chi connectivity index (χ2n) is 6.52. The van der Waals surface area contributed by atoms with Crippen LogP contribution in [0.15, 0.2) is 30.3 Å². The number of fused-ring (bicyclic) bond motifs is 1. The minimum Gasteiger partial charge on any atom is -0.497 e. The third-order valence-electron chi connectivity index (χ3n) is 4.47. The van der Waals surface area contributed by atoms with Crippen LogP contribution in [0.25, 0.3) is 0 Å². The van der Waals surface area contributed by atoms with Crippen LogP contribution in [-0.2, 0) is 11.3 Å². The lowest BCUT2D eigenvalue weighted by Crippen LogP contribution is -2.46. The van der Waals surface area contributed by atoms with Crippen molar-refractivity contribution in [2.45, 2.75) is 12.6 Å². The third-order valence-corrected chi connectivity index (χ3v) is 4.47. The topological polar surface area (TPSA) is 87.7 Å². The fourth-order valence-corrected chi connectivity index (χ4v) is 3.03. The molecule has 160 valence electrons. The van der Waals surface area contributed by atoms with Gasteiger partial charge in [-0.25, -0.2) is 18.0 Å². The molecule has 0 saturated carbocycles. The Kier molecular flexibility index (Phi) is 6.45. The number of ether oxygens (including phenoxy) is 1. The van der Waals surface area contributed by atoms with Gasteiger partial charge in [0.2, 0.25) is 6.41 Å². The zero-order chi connectivity index (χ0) is 22.5. The molecule has 2 aromatic rings. The number of carbonyl (C=O) groups is 3. The van der Waals surface area contributed by atoms with Gasteiger partial charge in [-0.05, 0) is 23.8 Å². The van der Waals surface area contributed by atoms with Crippen LogP contribution in [-0.4, -0.2) is 42.9 Å². The summed E-state index contributed by atoms with van der Waals surface area (Å²) in [4.78, 5) is 36.3. The highest BCUT2D eigenvalue weighted by Gasteiger charge is 2.29. The highest BCUT2D eigenvalue weighted by molar-refractivity contribution is 5.98. The van der Waals surface area contributed by atoms with Crippen LogP contribution in [0, 0.1) is 29.3 Å². The van der Waals surface area contributed by atoms with Crippen molar-refractivity contribution in [3.8, 4) is 17.6 Å². The number of urea groups is 1. The summed E-state index contributed by atoms with van der Waals surface area (Å²) >= 11 is 0. The molecule has 1 aliphatic rings. The van der Waals surface area contributed by atoms with Crippen molar-refractivity contribution in [1.29, 1.82) is 0 Å². The van der Waals surface area contributed by atoms with Crippen molar-refractivity contribution in [2.24, 2.45) is 0 Å². The van der Waals surface area contributed by atoms with Crippen LogP contribution >= 0.6 is 0 Å². The average molecular weight is 431 g/mol. The maximum absolute atomic E-state index is 13.9. The molecule has 0 aromatic heterocycles. The Labute approximate surface area is 175 Å². The number of nitrogens with zero attached hydrogens (tertiary/aromatic N) is 1. The molecule has 0 spiro atoms. The first-order valence-corrected chi connectivity index (χ1v) is 8.95. The molecule has 7 nitrogen and oxygen atoms in total. The van der Waals surface area contributed by atoms with Crippen LogP contribution in [0.5, 0.6) is 5.75 Å². The smallest absolute Gasteiger partial charge is 0.322 e. The molecule has 0 bridgehead atoms. The number of imide groups is 1. The maximum Gasteiger partial charge on any atom is 0.322 e. The normalized spacial score (nSPS) is 13.0. The summed E-state index contributed by atoms with van der Waals surface area (Å²) < 4.78 is 45.8. The van der Waals surface area contributed by atoms with Gasteiger partial charge in [-0.15, -0.1) is 0 Å². The maximum atomic E-state index is 13.9. The zero-order valence-corrected chi connectivity index (χ0v) is 16.2. The van der Waals surface area contributed by atoms with E-state index in [4.69, 9.17) is 4.74 Å². The molecule has 4 amide bonds. The fraction of sp³-hybridized carbons (Fsp3) is 0.190. The molecule has 2 aromatic carbocycles.